The van der Waals surface area contributed by atoms with Gasteiger partial charge in [0, 0.05) is 43.7 Å². The molecule has 0 saturated carbocycles. The summed E-state index contributed by atoms with van der Waals surface area (Å²) in [5, 5.41) is 4.91. The lowest BCUT2D eigenvalue weighted by molar-refractivity contribution is 0.477. The van der Waals surface area contributed by atoms with Gasteiger partial charge in [0.25, 0.3) is 0 Å². The van der Waals surface area contributed by atoms with Crippen LogP contribution in [0.1, 0.15) is 0 Å². The quantitative estimate of drug-likeness (QED) is 0.185. The molecular weight excluding hydrogens is 575 g/mol. The van der Waals surface area contributed by atoms with Crippen molar-refractivity contribution in [1.82, 2.24) is 9.13 Å². The van der Waals surface area contributed by atoms with Crippen molar-refractivity contribution < 1.29 is 9.39 Å². The van der Waals surface area contributed by atoms with E-state index in [9.17, 15) is 0 Å². The van der Waals surface area contributed by atoms with Crippen LogP contribution in [0.4, 0.5) is 0 Å². The zero-order valence-corrected chi connectivity index (χ0v) is 25.2. The number of hydrogen-bond acceptors (Lipinski definition) is 2. The van der Waals surface area contributed by atoms with Crippen molar-refractivity contribution in [3.05, 3.63) is 152 Å². The van der Waals surface area contributed by atoms with E-state index in [4.69, 9.17) is 9.39 Å². The van der Waals surface area contributed by atoms with E-state index in [-0.39, 0.29) is 6.92 Å². The highest BCUT2D eigenvalue weighted by Crippen LogP contribution is 2.44. The van der Waals surface area contributed by atoms with Crippen LogP contribution in [0.15, 0.2) is 152 Å². The molecule has 0 spiro atoms. The Morgan fingerprint density at radius 2 is 1.04 bits per heavy atom. The van der Waals surface area contributed by atoms with Crippen molar-refractivity contribution in [3.8, 4) is 39.8 Å². The van der Waals surface area contributed by atoms with E-state index >= 15 is 0 Å². The molecule has 0 amide bonds. The van der Waals surface area contributed by atoms with Crippen molar-refractivity contribution in [2.45, 2.75) is 0 Å². The molecule has 0 atom stereocenters. The van der Waals surface area contributed by atoms with Crippen LogP contribution in [-0.4, -0.2) is 16.0 Å². The molecule has 47 heavy (non-hydrogen) atoms. The second kappa shape index (κ2) is 9.18. The van der Waals surface area contributed by atoms with Crippen molar-refractivity contribution >= 4 is 61.5 Å². The molecule has 4 nitrogen and oxygen atoms in total. The minimum atomic E-state index is -0.255. The first kappa shape index (κ1) is 25.0. The first-order valence-electron chi connectivity index (χ1n) is 16.1. The molecule has 0 radical (unpaired) electrons. The van der Waals surface area contributed by atoms with Gasteiger partial charge in [-0.15, -0.1) is 0 Å². The van der Waals surface area contributed by atoms with Crippen LogP contribution in [0.5, 0.6) is 17.2 Å². The van der Waals surface area contributed by atoms with E-state index in [1.165, 1.54) is 32.6 Å². The SMILES string of the molecule is c1ccc2c(c1)Oc1c(-n3c4ccccc4c4cc(-n5c6ccccc6c6ccccc65)ccc43)ccc3c1B2Oc1ccccc1-3. The third-order valence-electron chi connectivity index (χ3n) is 10.0. The summed E-state index contributed by atoms with van der Waals surface area (Å²) in [6.45, 7) is -0.255. The molecule has 5 heteroatoms. The molecule has 2 aliphatic heterocycles. The average molecular weight is 600 g/mol. The molecule has 218 valence electrons. The van der Waals surface area contributed by atoms with Crippen LogP contribution < -0.4 is 20.3 Å². The maximum absolute atomic E-state index is 6.87. The smallest absolute Gasteiger partial charge is 0.434 e. The highest BCUT2D eigenvalue weighted by atomic mass is 16.5. The molecule has 9 aromatic rings. The minimum absolute atomic E-state index is 0.255. The summed E-state index contributed by atoms with van der Waals surface area (Å²) >= 11 is 0. The molecule has 0 unspecified atom stereocenters. The zero-order chi connectivity index (χ0) is 30.6. The predicted octanol–water partition coefficient (Wildman–Crippen LogP) is 9.15. The van der Waals surface area contributed by atoms with E-state index in [1.54, 1.807) is 0 Å². The molecule has 4 heterocycles. The fraction of sp³-hybridized carbons (Fsp3) is 0. The largest absolute Gasteiger partial charge is 0.551 e. The summed E-state index contributed by atoms with van der Waals surface area (Å²) in [4.78, 5) is 0. The van der Waals surface area contributed by atoms with Gasteiger partial charge >= 0.3 is 6.92 Å². The Kier molecular flexibility index (Phi) is 4.89. The van der Waals surface area contributed by atoms with Crippen LogP contribution in [0.3, 0.4) is 0 Å². The number of para-hydroxylation sites is 5. The fourth-order valence-corrected chi connectivity index (χ4v) is 8.02. The normalized spacial score (nSPS) is 13.0. The standard InChI is InChI=1S/C42H25BN2O2/c1-6-16-34-27(11-1)28-12-2-7-17-35(28)44(34)26-21-23-37-32(25-26)29-13-3-8-18-36(29)45(37)38-24-22-31-30-14-4-9-19-39(30)47-43-33-15-5-10-20-40(33)46-42(38)41(31)43/h1-25H. The summed E-state index contributed by atoms with van der Waals surface area (Å²) in [5.41, 5.74) is 11.2. The number of aromatic nitrogens is 2. The number of benzene rings is 7. The lowest BCUT2D eigenvalue weighted by Crippen LogP contribution is -2.53. The third-order valence-corrected chi connectivity index (χ3v) is 10.0. The molecular formula is C42H25BN2O2. The highest BCUT2D eigenvalue weighted by molar-refractivity contribution is 6.84. The van der Waals surface area contributed by atoms with Gasteiger partial charge in [-0.2, -0.15) is 0 Å². The lowest BCUT2D eigenvalue weighted by Gasteiger charge is -2.34. The summed E-state index contributed by atoms with van der Waals surface area (Å²) in [5.74, 6) is 2.57. The van der Waals surface area contributed by atoms with Gasteiger partial charge in [0.1, 0.15) is 11.5 Å². The first-order valence-corrected chi connectivity index (χ1v) is 16.1. The molecule has 0 aliphatic carbocycles. The molecule has 7 aromatic carbocycles. The van der Waals surface area contributed by atoms with Crippen molar-refractivity contribution in [3.63, 3.8) is 0 Å². The first-order chi connectivity index (χ1) is 23.3. The second-order valence-electron chi connectivity index (χ2n) is 12.4. The van der Waals surface area contributed by atoms with Crippen LogP contribution >= 0.6 is 0 Å². The summed E-state index contributed by atoms with van der Waals surface area (Å²) in [7, 11) is 0. The van der Waals surface area contributed by atoms with Gasteiger partial charge in [-0.3, -0.25) is 0 Å². The van der Waals surface area contributed by atoms with E-state index in [0.717, 1.165) is 61.7 Å². The maximum Gasteiger partial charge on any atom is 0.434 e. The monoisotopic (exact) mass is 600 g/mol. The molecule has 2 aliphatic rings. The Morgan fingerprint density at radius 3 is 1.81 bits per heavy atom. The van der Waals surface area contributed by atoms with Crippen LogP contribution in [0, 0.1) is 0 Å². The van der Waals surface area contributed by atoms with Gasteiger partial charge in [-0.05, 0) is 60.2 Å². The number of ether oxygens (including phenoxy) is 1. The van der Waals surface area contributed by atoms with Gasteiger partial charge in [-0.25, -0.2) is 0 Å². The number of hydrogen-bond donors (Lipinski definition) is 0. The van der Waals surface area contributed by atoms with Crippen molar-refractivity contribution in [2.24, 2.45) is 0 Å². The molecule has 0 N–H and O–H groups in total. The van der Waals surface area contributed by atoms with Crippen LogP contribution in [0.25, 0.3) is 66.1 Å². The second-order valence-corrected chi connectivity index (χ2v) is 12.4. The predicted molar refractivity (Wildman–Crippen MR) is 193 cm³/mol. The molecule has 0 saturated heterocycles. The van der Waals surface area contributed by atoms with E-state index < -0.39 is 0 Å². The van der Waals surface area contributed by atoms with Gasteiger partial charge in [0.2, 0.25) is 0 Å². The summed E-state index contributed by atoms with van der Waals surface area (Å²) in [6.07, 6.45) is 0. The Balaban J connectivity index is 1.20. The lowest BCUT2D eigenvalue weighted by atomic mass is 9.51. The molecule has 11 rings (SSSR count). The number of rotatable bonds is 2. The van der Waals surface area contributed by atoms with Crippen LogP contribution in [-0.2, 0) is 0 Å². The van der Waals surface area contributed by atoms with E-state index in [0.29, 0.717) is 0 Å². The Bertz CT molecular complexity index is 2720. The molecule has 0 fully saturated rings. The molecule has 0 bridgehead atoms. The topological polar surface area (TPSA) is 28.3 Å². The zero-order valence-electron chi connectivity index (χ0n) is 25.2. The van der Waals surface area contributed by atoms with Gasteiger partial charge in [0.15, 0.2) is 5.75 Å². The van der Waals surface area contributed by atoms with Gasteiger partial charge in [-0.1, -0.05) is 97.1 Å². The highest BCUT2D eigenvalue weighted by Gasteiger charge is 2.42. The summed E-state index contributed by atoms with van der Waals surface area (Å²) < 4.78 is 18.4. The van der Waals surface area contributed by atoms with Gasteiger partial charge < -0.3 is 18.5 Å². The Morgan fingerprint density at radius 1 is 0.447 bits per heavy atom. The van der Waals surface area contributed by atoms with Crippen molar-refractivity contribution in [2.75, 3.05) is 0 Å². The van der Waals surface area contributed by atoms with Crippen LogP contribution in [0.2, 0.25) is 0 Å². The fourth-order valence-electron chi connectivity index (χ4n) is 8.02. The minimum Gasteiger partial charge on any atom is -0.551 e. The van der Waals surface area contributed by atoms with E-state index in [2.05, 4.69) is 143 Å². The maximum atomic E-state index is 6.87. The Hall–Kier alpha value is -6.20. The number of fused-ring (bicyclic) bond motifs is 10. The average Bonchev–Trinajstić information content (AvgIpc) is 3.64. The summed E-state index contributed by atoms with van der Waals surface area (Å²) in [6, 6.07) is 53.9. The Labute approximate surface area is 270 Å². The van der Waals surface area contributed by atoms with Gasteiger partial charge in [0.05, 0.1) is 27.8 Å². The molecule has 2 aromatic heterocycles. The third kappa shape index (κ3) is 3.32. The van der Waals surface area contributed by atoms with E-state index in [1.807, 2.05) is 18.2 Å². The van der Waals surface area contributed by atoms with Crippen molar-refractivity contribution in [1.29, 1.82) is 0 Å². The number of nitrogens with zero attached hydrogens (tertiary/aromatic N) is 2.